The van der Waals surface area contributed by atoms with Crippen LogP contribution in [0.3, 0.4) is 0 Å². The zero-order valence-corrected chi connectivity index (χ0v) is 7.64. The van der Waals surface area contributed by atoms with E-state index in [1.807, 2.05) is 6.33 Å². The zero-order valence-electron chi connectivity index (χ0n) is 7.64. The molecule has 0 radical (unpaired) electrons. The Hall–Kier alpha value is -1.45. The number of rotatable bonds is 3. The van der Waals surface area contributed by atoms with Crippen LogP contribution in [0.2, 0.25) is 0 Å². The predicted molar refractivity (Wildman–Crippen MR) is 50.2 cm³/mol. The number of nitrogens with zero attached hydrogens (tertiary/aromatic N) is 4. The molecule has 0 aliphatic carbocycles. The molecule has 2 heterocycles. The van der Waals surface area contributed by atoms with Crippen molar-refractivity contribution in [3.8, 4) is 0 Å². The van der Waals surface area contributed by atoms with Gasteiger partial charge in [-0.2, -0.15) is 0 Å². The molecule has 0 bridgehead atoms. The molecular formula is C9H12N4. The van der Waals surface area contributed by atoms with Crippen molar-refractivity contribution in [2.75, 3.05) is 0 Å². The lowest BCUT2D eigenvalue weighted by atomic mass is 10.3. The Labute approximate surface area is 76.7 Å². The first-order valence-corrected chi connectivity index (χ1v) is 4.52. The van der Waals surface area contributed by atoms with E-state index >= 15 is 0 Å². The zero-order chi connectivity index (χ0) is 9.10. The average molecular weight is 176 g/mol. The predicted octanol–water partition coefficient (Wildman–Crippen LogP) is 1.63. The second-order valence-corrected chi connectivity index (χ2v) is 3.02. The molecule has 2 aromatic heterocycles. The standard InChI is InChI=1S/C9H12N4/c1-2-3-4-13-7-12-8-5-10-6-11-9(8)13/h5-7H,2-4H2,1H3. The van der Waals surface area contributed by atoms with Crippen LogP contribution < -0.4 is 0 Å². The van der Waals surface area contributed by atoms with Crippen LogP contribution >= 0.6 is 0 Å². The van der Waals surface area contributed by atoms with E-state index in [0.717, 1.165) is 24.1 Å². The highest BCUT2D eigenvalue weighted by atomic mass is 15.1. The Balaban J connectivity index is 2.35. The van der Waals surface area contributed by atoms with Gasteiger partial charge in [-0.05, 0) is 6.42 Å². The summed E-state index contributed by atoms with van der Waals surface area (Å²) in [6.45, 7) is 3.16. The van der Waals surface area contributed by atoms with Gasteiger partial charge >= 0.3 is 0 Å². The van der Waals surface area contributed by atoms with Gasteiger partial charge in [0.2, 0.25) is 0 Å². The van der Waals surface area contributed by atoms with E-state index < -0.39 is 0 Å². The Bertz CT molecular complexity index is 393. The number of aryl methyl sites for hydroxylation is 1. The molecule has 4 heteroatoms. The molecule has 0 fully saturated rings. The topological polar surface area (TPSA) is 43.6 Å². The fourth-order valence-electron chi connectivity index (χ4n) is 1.31. The Kier molecular flexibility index (Phi) is 2.21. The fraction of sp³-hybridized carbons (Fsp3) is 0.444. The van der Waals surface area contributed by atoms with E-state index in [4.69, 9.17) is 0 Å². The van der Waals surface area contributed by atoms with Crippen molar-refractivity contribution in [1.29, 1.82) is 0 Å². The molecule has 0 aliphatic heterocycles. The maximum atomic E-state index is 4.21. The van der Waals surface area contributed by atoms with Crippen molar-refractivity contribution >= 4 is 11.2 Å². The van der Waals surface area contributed by atoms with Gasteiger partial charge in [-0.1, -0.05) is 13.3 Å². The monoisotopic (exact) mass is 176 g/mol. The molecular weight excluding hydrogens is 164 g/mol. The number of imidazole rings is 1. The maximum absolute atomic E-state index is 4.21. The minimum atomic E-state index is 0.874. The highest BCUT2D eigenvalue weighted by molar-refractivity contribution is 5.68. The van der Waals surface area contributed by atoms with Gasteiger partial charge in [0.15, 0.2) is 5.65 Å². The Morgan fingerprint density at radius 3 is 3.15 bits per heavy atom. The third-order valence-electron chi connectivity index (χ3n) is 2.03. The van der Waals surface area contributed by atoms with Crippen LogP contribution in [0, 0.1) is 0 Å². The van der Waals surface area contributed by atoms with E-state index in [9.17, 15) is 0 Å². The second kappa shape index (κ2) is 3.51. The van der Waals surface area contributed by atoms with Gasteiger partial charge in [0.25, 0.3) is 0 Å². The minimum absolute atomic E-state index is 0.874. The molecule has 0 saturated heterocycles. The van der Waals surface area contributed by atoms with Crippen LogP contribution in [0.4, 0.5) is 0 Å². The summed E-state index contributed by atoms with van der Waals surface area (Å²) in [6, 6.07) is 0. The van der Waals surface area contributed by atoms with Crippen LogP contribution in [0.5, 0.6) is 0 Å². The summed E-state index contributed by atoms with van der Waals surface area (Å²) >= 11 is 0. The minimum Gasteiger partial charge on any atom is -0.315 e. The molecule has 0 unspecified atom stereocenters. The highest BCUT2D eigenvalue weighted by Gasteiger charge is 2.01. The van der Waals surface area contributed by atoms with Gasteiger partial charge in [0.1, 0.15) is 11.8 Å². The lowest BCUT2D eigenvalue weighted by Crippen LogP contribution is -1.96. The first-order chi connectivity index (χ1) is 6.42. The average Bonchev–Trinajstić information content (AvgIpc) is 2.58. The normalized spacial score (nSPS) is 10.8. The molecule has 2 rings (SSSR count). The SMILES string of the molecule is CCCCn1cnc2cncnc21. The van der Waals surface area contributed by atoms with Gasteiger partial charge in [-0.15, -0.1) is 0 Å². The molecule has 0 aromatic carbocycles. The Morgan fingerprint density at radius 2 is 2.31 bits per heavy atom. The van der Waals surface area contributed by atoms with Crippen molar-refractivity contribution in [2.45, 2.75) is 26.3 Å². The summed E-state index contributed by atoms with van der Waals surface area (Å²) in [4.78, 5) is 12.3. The highest BCUT2D eigenvalue weighted by Crippen LogP contribution is 2.07. The fourth-order valence-corrected chi connectivity index (χ4v) is 1.31. The summed E-state index contributed by atoms with van der Waals surface area (Å²) in [5.41, 5.74) is 1.81. The molecule has 0 saturated carbocycles. The molecule has 68 valence electrons. The van der Waals surface area contributed by atoms with Gasteiger partial charge < -0.3 is 4.57 Å². The first-order valence-electron chi connectivity index (χ1n) is 4.52. The van der Waals surface area contributed by atoms with E-state index in [1.165, 1.54) is 6.42 Å². The molecule has 0 aliphatic rings. The van der Waals surface area contributed by atoms with Crippen molar-refractivity contribution in [3.63, 3.8) is 0 Å². The molecule has 2 aromatic rings. The number of fused-ring (bicyclic) bond motifs is 1. The maximum Gasteiger partial charge on any atom is 0.163 e. The lowest BCUT2D eigenvalue weighted by molar-refractivity contribution is 0.641. The molecule has 0 spiro atoms. The Morgan fingerprint density at radius 1 is 1.38 bits per heavy atom. The van der Waals surface area contributed by atoms with Crippen LogP contribution in [0.15, 0.2) is 18.9 Å². The summed E-state index contributed by atoms with van der Waals surface area (Å²) in [7, 11) is 0. The first kappa shape index (κ1) is 8.16. The van der Waals surface area contributed by atoms with Crippen molar-refractivity contribution in [2.24, 2.45) is 0 Å². The van der Waals surface area contributed by atoms with Crippen LogP contribution in [-0.2, 0) is 6.54 Å². The summed E-state index contributed by atoms with van der Waals surface area (Å²) in [6.07, 6.45) is 7.48. The number of hydrogen-bond donors (Lipinski definition) is 0. The molecule has 0 amide bonds. The summed E-state index contributed by atoms with van der Waals surface area (Å²) in [5, 5.41) is 0. The molecule has 4 nitrogen and oxygen atoms in total. The van der Waals surface area contributed by atoms with Crippen LogP contribution in [0.1, 0.15) is 19.8 Å². The van der Waals surface area contributed by atoms with Crippen LogP contribution in [0.25, 0.3) is 11.2 Å². The third kappa shape index (κ3) is 1.52. The number of hydrogen-bond acceptors (Lipinski definition) is 3. The van der Waals surface area contributed by atoms with Crippen molar-refractivity contribution in [1.82, 2.24) is 19.5 Å². The number of aromatic nitrogens is 4. The summed E-state index contributed by atoms with van der Waals surface area (Å²) < 4.78 is 2.07. The van der Waals surface area contributed by atoms with Gasteiger partial charge in [-0.3, -0.25) is 0 Å². The van der Waals surface area contributed by atoms with Gasteiger partial charge in [-0.25, -0.2) is 15.0 Å². The largest absolute Gasteiger partial charge is 0.315 e. The van der Waals surface area contributed by atoms with E-state index in [1.54, 1.807) is 12.5 Å². The number of unbranched alkanes of at least 4 members (excludes halogenated alkanes) is 1. The van der Waals surface area contributed by atoms with Gasteiger partial charge in [0.05, 0.1) is 12.5 Å². The lowest BCUT2D eigenvalue weighted by Gasteiger charge is -1.99. The smallest absolute Gasteiger partial charge is 0.163 e. The van der Waals surface area contributed by atoms with E-state index in [2.05, 4.69) is 26.4 Å². The van der Waals surface area contributed by atoms with Crippen LogP contribution in [-0.4, -0.2) is 19.5 Å². The molecule has 0 atom stereocenters. The second-order valence-electron chi connectivity index (χ2n) is 3.02. The van der Waals surface area contributed by atoms with E-state index in [-0.39, 0.29) is 0 Å². The van der Waals surface area contributed by atoms with Crippen molar-refractivity contribution in [3.05, 3.63) is 18.9 Å². The molecule has 13 heavy (non-hydrogen) atoms. The molecule has 0 N–H and O–H groups in total. The van der Waals surface area contributed by atoms with Gasteiger partial charge in [0, 0.05) is 6.54 Å². The van der Waals surface area contributed by atoms with Crippen molar-refractivity contribution < 1.29 is 0 Å². The third-order valence-corrected chi connectivity index (χ3v) is 2.03. The quantitative estimate of drug-likeness (QED) is 0.713. The van der Waals surface area contributed by atoms with E-state index in [0.29, 0.717) is 0 Å². The summed E-state index contributed by atoms with van der Waals surface area (Å²) in [5.74, 6) is 0.